The van der Waals surface area contributed by atoms with Crippen molar-refractivity contribution in [3.8, 4) is 17.2 Å². The van der Waals surface area contributed by atoms with Crippen molar-refractivity contribution < 1.29 is 54.1 Å². The van der Waals surface area contributed by atoms with E-state index in [-0.39, 0.29) is 23.1 Å². The molecular weight excluding hydrogens is 512 g/mol. The van der Waals surface area contributed by atoms with Gasteiger partial charge in [0, 0.05) is 32.1 Å². The number of benzene rings is 2. The number of carbonyl (C=O) groups is 2. The molecule has 2 aromatic rings. The van der Waals surface area contributed by atoms with Gasteiger partial charge in [0.2, 0.25) is 0 Å². The second-order valence-corrected chi connectivity index (χ2v) is 10.4. The van der Waals surface area contributed by atoms with Crippen molar-refractivity contribution in [2.45, 2.75) is 82.9 Å². The second kappa shape index (κ2) is 11.4. The van der Waals surface area contributed by atoms with Crippen molar-refractivity contribution in [1.82, 2.24) is 0 Å². The number of phenols is 2. The first-order valence-corrected chi connectivity index (χ1v) is 12.9. The number of hydrogen-bond acceptors (Lipinski definition) is 11. The number of phenolic OH excluding ortho intramolecular Hbond substituents is 2. The third kappa shape index (κ3) is 5.22. The highest BCUT2D eigenvalue weighted by atomic mass is 16.7. The van der Waals surface area contributed by atoms with E-state index in [2.05, 4.69) is 0 Å². The van der Waals surface area contributed by atoms with Gasteiger partial charge in [0.25, 0.3) is 0 Å². The number of Topliss-reactive ketones (excluding diaryl/α,β-unsaturated/α-hetero) is 2. The molecule has 1 fully saturated rings. The summed E-state index contributed by atoms with van der Waals surface area (Å²) in [6.07, 6.45) is -6.20. The molecule has 0 aromatic heterocycles. The topological polar surface area (TPSA) is 172 Å². The molecule has 2 unspecified atom stereocenters. The van der Waals surface area contributed by atoms with Gasteiger partial charge in [-0.2, -0.15) is 0 Å². The summed E-state index contributed by atoms with van der Waals surface area (Å²) in [4.78, 5) is 26.5. The van der Waals surface area contributed by atoms with E-state index in [4.69, 9.17) is 18.9 Å². The number of carbonyl (C=O) groups excluding carboxylic acids is 2. The minimum absolute atomic E-state index is 0.0363. The zero-order valence-corrected chi connectivity index (χ0v) is 22.6. The average Bonchev–Trinajstić information content (AvgIpc) is 2.88. The summed E-state index contributed by atoms with van der Waals surface area (Å²) < 4.78 is 22.6. The standard InChI is InChI=1S/C28H36O11/c1-11-18(39-19-7-6-17(30)13(3)38-19)10-15-8-14-9-16(28(37-5)26(35)23(32)12(2)29)27(36-4)25(34)21(14)24(33)20(15)22(11)31/h8,10,12-13,16-17,19,23,27-33H,6-7,9H2,1-5H3/t12-,13?,16?,17+,19+,23+,27+,28+/m1/s1. The van der Waals surface area contributed by atoms with Crippen LogP contribution in [0.3, 0.4) is 0 Å². The number of ether oxygens (including phenoxy) is 4. The molecule has 214 valence electrons. The minimum atomic E-state index is -1.72. The lowest BCUT2D eigenvalue weighted by Gasteiger charge is -2.36. The van der Waals surface area contributed by atoms with Gasteiger partial charge in [-0.1, -0.05) is 0 Å². The van der Waals surface area contributed by atoms with E-state index in [0.29, 0.717) is 35.1 Å². The monoisotopic (exact) mass is 548 g/mol. The average molecular weight is 549 g/mol. The van der Waals surface area contributed by atoms with Crippen LogP contribution in [0.25, 0.3) is 10.8 Å². The Morgan fingerprint density at radius 2 is 1.82 bits per heavy atom. The molecule has 2 aliphatic rings. The highest BCUT2D eigenvalue weighted by Gasteiger charge is 2.46. The summed E-state index contributed by atoms with van der Waals surface area (Å²) in [6, 6.07) is 3.26. The van der Waals surface area contributed by atoms with Crippen LogP contribution in [0.1, 0.15) is 48.2 Å². The minimum Gasteiger partial charge on any atom is -0.507 e. The zero-order valence-electron chi connectivity index (χ0n) is 22.6. The first-order chi connectivity index (χ1) is 18.4. The Bertz CT molecular complexity index is 1260. The van der Waals surface area contributed by atoms with Gasteiger partial charge in [-0.3, -0.25) is 9.59 Å². The van der Waals surface area contributed by atoms with Crippen LogP contribution >= 0.6 is 0 Å². The normalized spacial score (nSPS) is 27.6. The van der Waals surface area contributed by atoms with Crippen LogP contribution in [-0.4, -0.2) is 94.2 Å². The van der Waals surface area contributed by atoms with Crippen molar-refractivity contribution in [3.63, 3.8) is 0 Å². The molecule has 1 aliphatic heterocycles. The maximum atomic E-state index is 13.5. The molecular formula is C28H36O11. The fourth-order valence-electron chi connectivity index (χ4n) is 5.54. The third-order valence-electron chi connectivity index (χ3n) is 7.80. The molecule has 39 heavy (non-hydrogen) atoms. The third-order valence-corrected chi connectivity index (χ3v) is 7.80. The van der Waals surface area contributed by atoms with E-state index in [1.807, 2.05) is 0 Å². The predicted molar refractivity (Wildman–Crippen MR) is 138 cm³/mol. The molecule has 1 saturated heterocycles. The summed E-state index contributed by atoms with van der Waals surface area (Å²) in [5.41, 5.74) is 0.692. The van der Waals surface area contributed by atoms with Crippen molar-refractivity contribution in [3.05, 3.63) is 28.8 Å². The van der Waals surface area contributed by atoms with Crippen LogP contribution in [-0.2, 0) is 25.4 Å². The number of fused-ring (bicyclic) bond motifs is 2. The molecule has 0 bridgehead atoms. The van der Waals surface area contributed by atoms with Gasteiger partial charge in [-0.25, -0.2) is 0 Å². The lowest BCUT2D eigenvalue weighted by molar-refractivity contribution is -0.180. The van der Waals surface area contributed by atoms with Gasteiger partial charge in [0.15, 0.2) is 17.9 Å². The Morgan fingerprint density at radius 3 is 2.41 bits per heavy atom. The van der Waals surface area contributed by atoms with E-state index in [1.165, 1.54) is 21.1 Å². The van der Waals surface area contributed by atoms with Gasteiger partial charge in [0.05, 0.1) is 29.3 Å². The molecule has 2 aromatic carbocycles. The molecule has 4 rings (SSSR count). The Labute approximate surface area is 225 Å². The molecule has 0 amide bonds. The molecule has 0 spiro atoms. The van der Waals surface area contributed by atoms with Crippen molar-refractivity contribution in [1.29, 1.82) is 0 Å². The zero-order chi connectivity index (χ0) is 28.8. The van der Waals surface area contributed by atoms with Crippen LogP contribution < -0.4 is 4.74 Å². The number of aromatic hydroxyl groups is 2. The molecule has 0 saturated carbocycles. The molecule has 11 nitrogen and oxygen atoms in total. The largest absolute Gasteiger partial charge is 0.507 e. The van der Waals surface area contributed by atoms with Crippen LogP contribution in [0.15, 0.2) is 12.1 Å². The number of hydrogen-bond donors (Lipinski definition) is 5. The molecule has 5 N–H and O–H groups in total. The highest BCUT2D eigenvalue weighted by molar-refractivity contribution is 6.11. The Kier molecular flexibility index (Phi) is 8.50. The molecule has 0 radical (unpaired) electrons. The van der Waals surface area contributed by atoms with Crippen LogP contribution in [0, 0.1) is 12.8 Å². The summed E-state index contributed by atoms with van der Waals surface area (Å²) in [5, 5.41) is 52.5. The summed E-state index contributed by atoms with van der Waals surface area (Å²) in [7, 11) is 2.55. The fraction of sp³-hybridized carbons (Fsp3) is 0.571. The lowest BCUT2D eigenvalue weighted by Crippen LogP contribution is -2.51. The summed E-state index contributed by atoms with van der Waals surface area (Å²) >= 11 is 0. The molecule has 8 atom stereocenters. The fourth-order valence-corrected chi connectivity index (χ4v) is 5.54. The smallest absolute Gasteiger partial charge is 0.200 e. The second-order valence-electron chi connectivity index (χ2n) is 10.4. The van der Waals surface area contributed by atoms with Gasteiger partial charge < -0.3 is 44.5 Å². The van der Waals surface area contributed by atoms with Gasteiger partial charge in [-0.15, -0.1) is 0 Å². The molecule has 1 heterocycles. The van der Waals surface area contributed by atoms with Crippen molar-refractivity contribution in [2.24, 2.45) is 5.92 Å². The SMILES string of the molecule is CO[C@@H]1C(=O)c2c(cc3cc(O[C@H]4CC[C@H](O)C(C)O4)c(C)c(O)c3c2O)CC1[C@H](OC)C(=O)[C@@H](O)[C@@H](C)O. The first-order valence-electron chi connectivity index (χ1n) is 12.9. The molecule has 11 heteroatoms. The maximum Gasteiger partial charge on any atom is 0.200 e. The Balaban J connectivity index is 1.77. The van der Waals surface area contributed by atoms with Crippen LogP contribution in [0.2, 0.25) is 0 Å². The lowest BCUT2D eigenvalue weighted by atomic mass is 9.75. The van der Waals surface area contributed by atoms with Crippen molar-refractivity contribution >= 4 is 22.3 Å². The van der Waals surface area contributed by atoms with Gasteiger partial charge in [-0.05, 0) is 56.7 Å². The van der Waals surface area contributed by atoms with Crippen LogP contribution in [0.5, 0.6) is 17.2 Å². The summed E-state index contributed by atoms with van der Waals surface area (Å²) in [6.45, 7) is 4.63. The van der Waals surface area contributed by atoms with E-state index in [9.17, 15) is 35.1 Å². The van der Waals surface area contributed by atoms with E-state index >= 15 is 0 Å². The number of ketones is 2. The highest BCUT2D eigenvalue weighted by Crippen LogP contribution is 2.46. The number of methoxy groups -OCH3 is 2. The van der Waals surface area contributed by atoms with E-state index in [1.54, 1.807) is 26.0 Å². The molecule has 1 aliphatic carbocycles. The van der Waals surface area contributed by atoms with Crippen LogP contribution in [0.4, 0.5) is 0 Å². The Morgan fingerprint density at radius 1 is 1.13 bits per heavy atom. The quantitative estimate of drug-likeness (QED) is 0.324. The van der Waals surface area contributed by atoms with E-state index in [0.717, 1.165) is 0 Å². The number of rotatable bonds is 8. The van der Waals surface area contributed by atoms with E-state index < -0.39 is 66.1 Å². The maximum absolute atomic E-state index is 13.5. The first kappa shape index (κ1) is 29.2. The number of aliphatic hydroxyl groups is 3. The van der Waals surface area contributed by atoms with Gasteiger partial charge >= 0.3 is 0 Å². The van der Waals surface area contributed by atoms with Gasteiger partial charge in [0.1, 0.15) is 35.6 Å². The predicted octanol–water partition coefficient (Wildman–Crippen LogP) is 1.52. The van der Waals surface area contributed by atoms with Crippen molar-refractivity contribution in [2.75, 3.05) is 14.2 Å². The number of aliphatic hydroxyl groups excluding tert-OH is 3. The summed E-state index contributed by atoms with van der Waals surface area (Å²) in [5.74, 6) is -2.64. The Hall–Kier alpha value is -2.80.